The molecule has 1 aromatic carbocycles. The Morgan fingerprint density at radius 3 is 2.80 bits per heavy atom. The molecule has 0 radical (unpaired) electrons. The summed E-state index contributed by atoms with van der Waals surface area (Å²) in [6.07, 6.45) is 4.06. The molecule has 0 bridgehead atoms. The van der Waals surface area contributed by atoms with Gasteiger partial charge in [0.15, 0.2) is 0 Å². The van der Waals surface area contributed by atoms with E-state index < -0.39 is 0 Å². The second-order valence-electron chi connectivity index (χ2n) is 8.27. The first-order valence-corrected chi connectivity index (χ1v) is 10.8. The molecular formula is C23H31N3O4. The van der Waals surface area contributed by atoms with Gasteiger partial charge in [-0.25, -0.2) is 4.98 Å². The van der Waals surface area contributed by atoms with Gasteiger partial charge in [-0.15, -0.1) is 0 Å². The monoisotopic (exact) mass is 413 g/mol. The van der Waals surface area contributed by atoms with E-state index in [1.807, 2.05) is 30.0 Å². The zero-order chi connectivity index (χ0) is 21.1. The standard InChI is InChI=1S/C23H31N3O4/c1-16-20(24-23(30-16)19-9-8-18(28-2)12-21(19)29-3)15-25-10-4-6-17(13-25)14-26-11-5-7-22(26)27/h8-9,12,17H,4-7,10-11,13-15H2,1-3H3. The molecule has 0 spiro atoms. The maximum Gasteiger partial charge on any atom is 0.230 e. The fourth-order valence-corrected chi connectivity index (χ4v) is 4.53. The van der Waals surface area contributed by atoms with Crippen LogP contribution in [0.25, 0.3) is 11.5 Å². The molecule has 30 heavy (non-hydrogen) atoms. The first-order chi connectivity index (χ1) is 14.6. The molecule has 2 aromatic rings. The van der Waals surface area contributed by atoms with Crippen molar-refractivity contribution in [2.24, 2.45) is 5.92 Å². The van der Waals surface area contributed by atoms with Crippen LogP contribution in [0.1, 0.15) is 37.1 Å². The number of nitrogens with zero attached hydrogens (tertiary/aromatic N) is 3. The molecule has 162 valence electrons. The Hall–Kier alpha value is -2.54. The van der Waals surface area contributed by atoms with Crippen molar-refractivity contribution in [1.82, 2.24) is 14.8 Å². The molecule has 7 heteroatoms. The van der Waals surface area contributed by atoms with E-state index in [1.165, 1.54) is 6.42 Å². The van der Waals surface area contributed by atoms with Crippen molar-refractivity contribution in [1.29, 1.82) is 0 Å². The fraction of sp³-hybridized carbons (Fsp3) is 0.565. The van der Waals surface area contributed by atoms with E-state index in [2.05, 4.69) is 4.90 Å². The molecule has 1 amide bonds. The van der Waals surface area contributed by atoms with Crippen LogP contribution in [-0.4, -0.2) is 61.1 Å². The van der Waals surface area contributed by atoms with Gasteiger partial charge in [-0.1, -0.05) is 0 Å². The van der Waals surface area contributed by atoms with Crippen molar-refractivity contribution >= 4 is 5.91 Å². The highest BCUT2D eigenvalue weighted by atomic mass is 16.5. The van der Waals surface area contributed by atoms with E-state index in [9.17, 15) is 4.79 Å². The highest BCUT2D eigenvalue weighted by molar-refractivity contribution is 5.78. The molecule has 2 saturated heterocycles. The Kier molecular flexibility index (Phi) is 6.27. The lowest BCUT2D eigenvalue weighted by molar-refractivity contribution is -0.128. The number of piperidine rings is 1. The molecule has 1 atom stereocenters. The van der Waals surface area contributed by atoms with Gasteiger partial charge >= 0.3 is 0 Å². The van der Waals surface area contributed by atoms with Crippen molar-refractivity contribution in [3.8, 4) is 23.0 Å². The predicted molar refractivity (Wildman–Crippen MR) is 114 cm³/mol. The molecule has 7 nitrogen and oxygen atoms in total. The summed E-state index contributed by atoms with van der Waals surface area (Å²) in [6.45, 7) is 6.59. The number of benzene rings is 1. The van der Waals surface area contributed by atoms with Crippen LogP contribution >= 0.6 is 0 Å². The van der Waals surface area contributed by atoms with E-state index in [1.54, 1.807) is 14.2 Å². The lowest BCUT2D eigenvalue weighted by Crippen LogP contribution is -2.41. The third-order valence-corrected chi connectivity index (χ3v) is 6.16. The van der Waals surface area contributed by atoms with Crippen molar-refractivity contribution in [3.05, 3.63) is 29.7 Å². The minimum absolute atomic E-state index is 0.317. The van der Waals surface area contributed by atoms with Crippen LogP contribution in [0, 0.1) is 12.8 Å². The van der Waals surface area contributed by atoms with Crippen molar-refractivity contribution < 1.29 is 18.7 Å². The molecule has 0 saturated carbocycles. The number of oxazole rings is 1. The Labute approximate surface area is 178 Å². The maximum absolute atomic E-state index is 12.0. The largest absolute Gasteiger partial charge is 0.497 e. The predicted octanol–water partition coefficient (Wildman–Crippen LogP) is 3.50. The van der Waals surface area contributed by atoms with Crippen molar-refractivity contribution in [2.75, 3.05) is 40.4 Å². The number of aromatic nitrogens is 1. The number of carbonyl (C=O) groups is 1. The van der Waals surface area contributed by atoms with Gasteiger partial charge in [-0.05, 0) is 50.8 Å². The summed E-state index contributed by atoms with van der Waals surface area (Å²) in [5, 5.41) is 0. The zero-order valence-corrected chi connectivity index (χ0v) is 18.1. The summed E-state index contributed by atoms with van der Waals surface area (Å²) >= 11 is 0. The Morgan fingerprint density at radius 1 is 1.20 bits per heavy atom. The summed E-state index contributed by atoms with van der Waals surface area (Å²) in [7, 11) is 3.27. The van der Waals surface area contributed by atoms with E-state index in [0.29, 0.717) is 29.9 Å². The molecule has 0 aliphatic carbocycles. The average Bonchev–Trinajstić information content (AvgIpc) is 3.33. The number of methoxy groups -OCH3 is 2. The number of rotatable bonds is 7. The van der Waals surface area contributed by atoms with Crippen LogP contribution < -0.4 is 9.47 Å². The maximum atomic E-state index is 12.0. The first kappa shape index (κ1) is 20.7. The zero-order valence-electron chi connectivity index (χ0n) is 18.1. The van der Waals surface area contributed by atoms with Crippen molar-refractivity contribution in [2.45, 2.75) is 39.2 Å². The molecule has 4 rings (SSSR count). The highest BCUT2D eigenvalue weighted by Crippen LogP contribution is 2.34. The van der Waals surface area contributed by atoms with E-state index >= 15 is 0 Å². The fourth-order valence-electron chi connectivity index (χ4n) is 4.53. The normalized spacial score (nSPS) is 20.0. The number of ether oxygens (including phenoxy) is 2. The van der Waals surface area contributed by atoms with Crippen LogP contribution in [0.15, 0.2) is 22.6 Å². The lowest BCUT2D eigenvalue weighted by atomic mass is 9.97. The minimum atomic E-state index is 0.317. The van der Waals surface area contributed by atoms with E-state index in [4.69, 9.17) is 18.9 Å². The van der Waals surface area contributed by atoms with E-state index in [0.717, 1.165) is 68.3 Å². The quantitative estimate of drug-likeness (QED) is 0.692. The summed E-state index contributed by atoms with van der Waals surface area (Å²) in [4.78, 5) is 21.2. The lowest BCUT2D eigenvalue weighted by Gasteiger charge is -2.34. The summed E-state index contributed by atoms with van der Waals surface area (Å²) < 4.78 is 16.8. The molecule has 1 aromatic heterocycles. The number of hydrogen-bond donors (Lipinski definition) is 0. The SMILES string of the molecule is COc1ccc(-c2nc(CN3CCCC(CN4CCCC4=O)C3)c(C)o2)c(OC)c1. The molecule has 2 aliphatic heterocycles. The van der Waals surface area contributed by atoms with Crippen LogP contribution in [0.2, 0.25) is 0 Å². The number of hydrogen-bond acceptors (Lipinski definition) is 6. The van der Waals surface area contributed by atoms with Gasteiger partial charge in [-0.3, -0.25) is 9.69 Å². The van der Waals surface area contributed by atoms with Crippen LogP contribution in [-0.2, 0) is 11.3 Å². The van der Waals surface area contributed by atoms with E-state index in [-0.39, 0.29) is 0 Å². The van der Waals surface area contributed by atoms with Crippen LogP contribution in [0.4, 0.5) is 0 Å². The average molecular weight is 414 g/mol. The molecule has 2 fully saturated rings. The first-order valence-electron chi connectivity index (χ1n) is 10.8. The molecule has 3 heterocycles. The summed E-state index contributed by atoms with van der Waals surface area (Å²) in [5.41, 5.74) is 1.78. The minimum Gasteiger partial charge on any atom is -0.497 e. The second kappa shape index (κ2) is 9.08. The van der Waals surface area contributed by atoms with Gasteiger partial charge in [-0.2, -0.15) is 0 Å². The third kappa shape index (κ3) is 4.46. The molecule has 2 aliphatic rings. The highest BCUT2D eigenvalue weighted by Gasteiger charge is 2.27. The number of carbonyl (C=O) groups excluding carboxylic acids is 1. The number of likely N-dealkylation sites (tertiary alicyclic amines) is 2. The number of aryl methyl sites for hydroxylation is 1. The Balaban J connectivity index is 1.44. The molecule has 1 unspecified atom stereocenters. The summed E-state index contributed by atoms with van der Waals surface area (Å²) in [6, 6.07) is 5.63. The third-order valence-electron chi connectivity index (χ3n) is 6.16. The Bertz CT molecular complexity index is 895. The van der Waals surface area contributed by atoms with Crippen LogP contribution in [0.5, 0.6) is 11.5 Å². The van der Waals surface area contributed by atoms with Gasteiger partial charge < -0.3 is 18.8 Å². The van der Waals surface area contributed by atoms with Crippen LogP contribution in [0.3, 0.4) is 0 Å². The van der Waals surface area contributed by atoms with Gasteiger partial charge in [0.25, 0.3) is 0 Å². The van der Waals surface area contributed by atoms with Gasteiger partial charge in [0.1, 0.15) is 17.3 Å². The summed E-state index contributed by atoms with van der Waals surface area (Å²) in [5.74, 6) is 3.66. The molecular weight excluding hydrogens is 382 g/mol. The number of amides is 1. The Morgan fingerprint density at radius 2 is 2.07 bits per heavy atom. The molecule has 0 N–H and O–H groups in total. The smallest absolute Gasteiger partial charge is 0.230 e. The van der Waals surface area contributed by atoms with Gasteiger partial charge in [0, 0.05) is 38.7 Å². The second-order valence-corrected chi connectivity index (χ2v) is 8.27. The van der Waals surface area contributed by atoms with Crippen molar-refractivity contribution in [3.63, 3.8) is 0 Å². The van der Waals surface area contributed by atoms with Gasteiger partial charge in [0.05, 0.1) is 25.5 Å². The topological polar surface area (TPSA) is 68.0 Å². The van der Waals surface area contributed by atoms with Gasteiger partial charge in [0.2, 0.25) is 11.8 Å².